The van der Waals surface area contributed by atoms with Crippen LogP contribution in [0.1, 0.15) is 19.8 Å². The quantitative estimate of drug-likeness (QED) is 0.608. The summed E-state index contributed by atoms with van der Waals surface area (Å²) in [6.07, 6.45) is 2.32. The molecule has 0 bridgehead atoms. The lowest BCUT2D eigenvalue weighted by atomic mass is 10.3. The van der Waals surface area contributed by atoms with E-state index in [0.29, 0.717) is 6.61 Å². The number of hydrogen-bond donors (Lipinski definition) is 1. The van der Waals surface area contributed by atoms with E-state index in [0.717, 1.165) is 47.4 Å². The van der Waals surface area contributed by atoms with Crippen LogP contribution in [0.25, 0.3) is 0 Å². The highest BCUT2D eigenvalue weighted by Gasteiger charge is 2.04. The fourth-order valence-electron chi connectivity index (χ4n) is 1.46. The van der Waals surface area contributed by atoms with Crippen LogP contribution in [0.3, 0.4) is 0 Å². The summed E-state index contributed by atoms with van der Waals surface area (Å²) in [6.45, 7) is 6.10. The lowest BCUT2D eigenvalue weighted by molar-refractivity contribution is 0.132. The van der Waals surface area contributed by atoms with E-state index in [2.05, 4.69) is 44.1 Å². The van der Waals surface area contributed by atoms with Crippen molar-refractivity contribution in [3.8, 4) is 5.75 Å². The minimum atomic E-state index is 0.635. The lowest BCUT2D eigenvalue weighted by Crippen LogP contribution is -2.25. The molecule has 0 saturated heterocycles. The first kappa shape index (κ1) is 17.0. The van der Waals surface area contributed by atoms with Crippen LogP contribution in [0.15, 0.2) is 27.1 Å². The minimum absolute atomic E-state index is 0.635. The van der Waals surface area contributed by atoms with Crippen molar-refractivity contribution in [2.75, 3.05) is 32.9 Å². The predicted octanol–water partition coefficient (Wildman–Crippen LogP) is 4.00. The molecule has 0 aliphatic carbocycles. The summed E-state index contributed by atoms with van der Waals surface area (Å²) < 4.78 is 13.1. The summed E-state index contributed by atoms with van der Waals surface area (Å²) in [7, 11) is 0. The standard InChI is InChI=1S/C14H21Br2NO2/c1-2-3-9-18-10-7-17-8-11-19-14-12(15)5-4-6-13(14)16/h4-6,17H,2-3,7-11H2,1H3. The van der Waals surface area contributed by atoms with E-state index in [1.54, 1.807) is 0 Å². The maximum atomic E-state index is 5.72. The van der Waals surface area contributed by atoms with Crippen molar-refractivity contribution < 1.29 is 9.47 Å². The van der Waals surface area contributed by atoms with Crippen molar-refractivity contribution in [2.45, 2.75) is 19.8 Å². The van der Waals surface area contributed by atoms with Crippen molar-refractivity contribution in [1.82, 2.24) is 5.32 Å². The Bertz CT molecular complexity index is 341. The molecule has 0 unspecified atom stereocenters. The number of nitrogens with one attached hydrogen (secondary N) is 1. The molecule has 0 amide bonds. The Kier molecular flexibility index (Phi) is 9.51. The Morgan fingerprint density at radius 1 is 1.05 bits per heavy atom. The van der Waals surface area contributed by atoms with Crippen LogP contribution >= 0.6 is 31.9 Å². The van der Waals surface area contributed by atoms with Gasteiger partial charge in [0.15, 0.2) is 0 Å². The van der Waals surface area contributed by atoms with Gasteiger partial charge in [0.2, 0.25) is 0 Å². The Hall–Kier alpha value is -0.100. The van der Waals surface area contributed by atoms with Gasteiger partial charge in [-0.1, -0.05) is 19.4 Å². The van der Waals surface area contributed by atoms with Crippen LogP contribution in [0.4, 0.5) is 0 Å². The number of unbranched alkanes of at least 4 members (excludes halogenated alkanes) is 1. The zero-order valence-electron chi connectivity index (χ0n) is 11.3. The van der Waals surface area contributed by atoms with Crippen LogP contribution < -0.4 is 10.1 Å². The Balaban J connectivity index is 2.05. The molecule has 0 radical (unpaired) electrons. The summed E-state index contributed by atoms with van der Waals surface area (Å²) in [5, 5.41) is 3.29. The molecule has 0 fully saturated rings. The maximum absolute atomic E-state index is 5.72. The van der Waals surface area contributed by atoms with Crippen LogP contribution in [0.5, 0.6) is 5.75 Å². The predicted molar refractivity (Wildman–Crippen MR) is 85.9 cm³/mol. The van der Waals surface area contributed by atoms with Crippen LogP contribution in [-0.2, 0) is 4.74 Å². The van der Waals surface area contributed by atoms with Gasteiger partial charge in [0.25, 0.3) is 0 Å². The third-order valence-corrected chi connectivity index (χ3v) is 3.76. The summed E-state index contributed by atoms with van der Waals surface area (Å²) in [5.41, 5.74) is 0. The zero-order chi connectivity index (χ0) is 13.9. The SMILES string of the molecule is CCCCOCCNCCOc1c(Br)cccc1Br. The fraction of sp³-hybridized carbons (Fsp3) is 0.571. The molecule has 1 N–H and O–H groups in total. The number of rotatable bonds is 10. The number of halogens is 2. The second kappa shape index (κ2) is 10.7. The van der Waals surface area contributed by atoms with E-state index in [1.807, 2.05) is 18.2 Å². The second-order valence-corrected chi connectivity index (χ2v) is 5.82. The fourth-order valence-corrected chi connectivity index (χ4v) is 2.69. The third-order valence-electron chi connectivity index (χ3n) is 2.51. The largest absolute Gasteiger partial charge is 0.490 e. The number of hydrogen-bond acceptors (Lipinski definition) is 3. The van der Waals surface area contributed by atoms with Crippen molar-refractivity contribution in [3.63, 3.8) is 0 Å². The smallest absolute Gasteiger partial charge is 0.147 e. The van der Waals surface area contributed by atoms with Gasteiger partial charge in [-0.2, -0.15) is 0 Å². The molecule has 3 nitrogen and oxygen atoms in total. The van der Waals surface area contributed by atoms with Gasteiger partial charge in [-0.05, 0) is 50.4 Å². The van der Waals surface area contributed by atoms with Crippen molar-refractivity contribution in [1.29, 1.82) is 0 Å². The lowest BCUT2D eigenvalue weighted by Gasteiger charge is -2.10. The summed E-state index contributed by atoms with van der Waals surface area (Å²) in [6, 6.07) is 5.90. The van der Waals surface area contributed by atoms with E-state index in [-0.39, 0.29) is 0 Å². The van der Waals surface area contributed by atoms with E-state index in [9.17, 15) is 0 Å². The van der Waals surface area contributed by atoms with Crippen molar-refractivity contribution in [3.05, 3.63) is 27.1 Å². The van der Waals surface area contributed by atoms with Gasteiger partial charge in [0.1, 0.15) is 12.4 Å². The molecular weight excluding hydrogens is 374 g/mol. The van der Waals surface area contributed by atoms with E-state index < -0.39 is 0 Å². The summed E-state index contributed by atoms with van der Waals surface area (Å²) >= 11 is 6.94. The van der Waals surface area contributed by atoms with E-state index >= 15 is 0 Å². The number of ether oxygens (including phenoxy) is 2. The number of para-hydroxylation sites is 1. The molecule has 108 valence electrons. The average Bonchev–Trinajstić information content (AvgIpc) is 2.40. The van der Waals surface area contributed by atoms with Crippen molar-refractivity contribution >= 4 is 31.9 Å². The zero-order valence-corrected chi connectivity index (χ0v) is 14.4. The molecule has 5 heteroatoms. The Morgan fingerprint density at radius 2 is 1.74 bits per heavy atom. The Labute approximate surface area is 132 Å². The summed E-state index contributed by atoms with van der Waals surface area (Å²) in [5.74, 6) is 0.850. The van der Waals surface area contributed by atoms with Gasteiger partial charge in [-0.25, -0.2) is 0 Å². The van der Waals surface area contributed by atoms with Crippen LogP contribution in [-0.4, -0.2) is 32.9 Å². The Morgan fingerprint density at radius 3 is 2.42 bits per heavy atom. The van der Waals surface area contributed by atoms with Crippen LogP contribution in [0.2, 0.25) is 0 Å². The highest BCUT2D eigenvalue weighted by atomic mass is 79.9. The van der Waals surface area contributed by atoms with Gasteiger partial charge < -0.3 is 14.8 Å². The van der Waals surface area contributed by atoms with Crippen LogP contribution in [0, 0.1) is 0 Å². The van der Waals surface area contributed by atoms with Gasteiger partial charge in [0.05, 0.1) is 15.6 Å². The highest BCUT2D eigenvalue weighted by molar-refractivity contribution is 9.11. The maximum Gasteiger partial charge on any atom is 0.147 e. The van der Waals surface area contributed by atoms with E-state index in [1.165, 1.54) is 6.42 Å². The van der Waals surface area contributed by atoms with Gasteiger partial charge in [0, 0.05) is 19.7 Å². The molecule has 1 rings (SSSR count). The topological polar surface area (TPSA) is 30.5 Å². The first-order chi connectivity index (χ1) is 9.25. The average molecular weight is 395 g/mol. The van der Waals surface area contributed by atoms with Crippen molar-refractivity contribution in [2.24, 2.45) is 0 Å². The summed E-state index contributed by atoms with van der Waals surface area (Å²) in [4.78, 5) is 0. The molecule has 0 aliphatic heterocycles. The van der Waals surface area contributed by atoms with Gasteiger partial charge >= 0.3 is 0 Å². The van der Waals surface area contributed by atoms with E-state index in [4.69, 9.17) is 9.47 Å². The molecule has 0 heterocycles. The molecule has 19 heavy (non-hydrogen) atoms. The number of benzene rings is 1. The molecule has 0 saturated carbocycles. The molecule has 0 spiro atoms. The van der Waals surface area contributed by atoms with Gasteiger partial charge in [-0.15, -0.1) is 0 Å². The normalized spacial score (nSPS) is 10.7. The first-order valence-corrected chi connectivity index (χ1v) is 8.19. The van der Waals surface area contributed by atoms with Gasteiger partial charge in [-0.3, -0.25) is 0 Å². The highest BCUT2D eigenvalue weighted by Crippen LogP contribution is 2.32. The second-order valence-electron chi connectivity index (χ2n) is 4.12. The first-order valence-electron chi connectivity index (χ1n) is 6.61. The molecular formula is C14H21Br2NO2. The molecule has 0 atom stereocenters. The molecule has 0 aliphatic rings. The molecule has 1 aromatic rings. The minimum Gasteiger partial charge on any atom is -0.490 e. The molecule has 1 aromatic carbocycles. The molecule has 0 aromatic heterocycles. The third kappa shape index (κ3) is 7.30. The monoisotopic (exact) mass is 393 g/mol.